The van der Waals surface area contributed by atoms with Crippen molar-refractivity contribution >= 4 is 23.1 Å². The van der Waals surface area contributed by atoms with E-state index < -0.39 is 5.41 Å². The Balaban J connectivity index is 1.24. The lowest BCUT2D eigenvalue weighted by Crippen LogP contribution is -2.43. The Bertz CT molecular complexity index is 1070. The van der Waals surface area contributed by atoms with Crippen molar-refractivity contribution in [1.29, 1.82) is 5.26 Å². The summed E-state index contributed by atoms with van der Waals surface area (Å²) in [4.78, 5) is 31.9. The first-order chi connectivity index (χ1) is 13.9. The van der Waals surface area contributed by atoms with E-state index in [4.69, 9.17) is 0 Å². The zero-order chi connectivity index (χ0) is 20.4. The van der Waals surface area contributed by atoms with Crippen LogP contribution in [0.3, 0.4) is 0 Å². The van der Waals surface area contributed by atoms with Gasteiger partial charge in [0.25, 0.3) is 0 Å². The van der Waals surface area contributed by atoms with Crippen molar-refractivity contribution in [2.45, 2.75) is 46.0 Å². The molecule has 7 heteroatoms. The van der Waals surface area contributed by atoms with Gasteiger partial charge in [0.1, 0.15) is 5.41 Å². The first-order valence-electron chi connectivity index (χ1n) is 10.3. The molecule has 1 atom stereocenters. The van der Waals surface area contributed by atoms with Gasteiger partial charge in [0.2, 0.25) is 11.8 Å². The quantitative estimate of drug-likeness (QED) is 0.871. The molecule has 7 nitrogen and oxygen atoms in total. The van der Waals surface area contributed by atoms with Crippen LogP contribution in [0.25, 0.3) is 5.65 Å². The fourth-order valence-corrected chi connectivity index (χ4v) is 4.84. The molecule has 1 N–H and O–H groups in total. The van der Waals surface area contributed by atoms with Crippen molar-refractivity contribution in [3.8, 4) is 6.07 Å². The van der Waals surface area contributed by atoms with Gasteiger partial charge in [-0.15, -0.1) is 0 Å². The molecule has 2 amide bonds. The highest BCUT2D eigenvalue weighted by Gasteiger charge is 2.60. The number of carbonyl (C=O) groups excluding carboxylic acids is 2. The average Bonchev–Trinajstić information content (AvgIpc) is 3.63. The van der Waals surface area contributed by atoms with E-state index in [1.165, 1.54) is 0 Å². The molecule has 150 valence electrons. The maximum atomic E-state index is 12.9. The van der Waals surface area contributed by atoms with E-state index in [1.807, 2.05) is 41.5 Å². The van der Waals surface area contributed by atoms with Crippen molar-refractivity contribution in [3.63, 3.8) is 0 Å². The summed E-state index contributed by atoms with van der Waals surface area (Å²) in [5.41, 5.74) is 2.81. The summed E-state index contributed by atoms with van der Waals surface area (Å²) in [6, 6.07) is 6.02. The summed E-state index contributed by atoms with van der Waals surface area (Å²) in [6.07, 6.45) is 5.88. The van der Waals surface area contributed by atoms with Gasteiger partial charge >= 0.3 is 0 Å². The number of anilines is 1. The maximum absolute atomic E-state index is 12.9. The van der Waals surface area contributed by atoms with E-state index >= 15 is 0 Å². The number of fused-ring (bicyclic) bond motifs is 1. The second-order valence-electron chi connectivity index (χ2n) is 8.99. The molecule has 3 aliphatic rings. The number of imidazole rings is 1. The van der Waals surface area contributed by atoms with E-state index in [2.05, 4.69) is 16.4 Å². The predicted octanol–water partition coefficient (Wildman–Crippen LogP) is 2.82. The number of nitriles is 1. The molecular formula is C22H25N5O2. The lowest BCUT2D eigenvalue weighted by molar-refractivity contribution is -0.136. The molecule has 2 aromatic heterocycles. The normalized spacial score (nSPS) is 23.6. The highest BCUT2D eigenvalue weighted by molar-refractivity contribution is 5.98. The predicted molar refractivity (Wildman–Crippen MR) is 107 cm³/mol. The molecule has 1 unspecified atom stereocenters. The number of hydrogen-bond acceptors (Lipinski definition) is 4. The SMILES string of the molecule is Cc1nc2c(NC(=O)C3CC34CCN(C(=O)C3(C#N)CC3)CC4)cccn2c1C. The fraction of sp³-hybridized carbons (Fsp3) is 0.545. The van der Waals surface area contributed by atoms with Gasteiger partial charge in [0.05, 0.1) is 17.5 Å². The third-order valence-corrected chi connectivity index (χ3v) is 7.31. The molecule has 0 bridgehead atoms. The molecule has 29 heavy (non-hydrogen) atoms. The number of amides is 2. The number of nitrogens with one attached hydrogen (secondary N) is 1. The lowest BCUT2D eigenvalue weighted by atomic mass is 9.89. The van der Waals surface area contributed by atoms with Crippen LogP contribution in [0.4, 0.5) is 5.69 Å². The van der Waals surface area contributed by atoms with Crippen molar-refractivity contribution in [3.05, 3.63) is 29.7 Å². The van der Waals surface area contributed by atoms with Crippen molar-refractivity contribution < 1.29 is 9.59 Å². The van der Waals surface area contributed by atoms with Crippen LogP contribution in [0, 0.1) is 41.9 Å². The number of aryl methyl sites for hydroxylation is 2. The van der Waals surface area contributed by atoms with Crippen LogP contribution < -0.4 is 5.32 Å². The minimum Gasteiger partial charge on any atom is -0.341 e. The Labute approximate surface area is 169 Å². The largest absolute Gasteiger partial charge is 0.341 e. The van der Waals surface area contributed by atoms with Crippen LogP contribution in [0.5, 0.6) is 0 Å². The minimum absolute atomic E-state index is 0.00627. The zero-order valence-corrected chi connectivity index (χ0v) is 16.9. The smallest absolute Gasteiger partial charge is 0.243 e. The molecule has 1 saturated heterocycles. The molecule has 5 rings (SSSR count). The van der Waals surface area contributed by atoms with Crippen LogP contribution in [0.1, 0.15) is 43.5 Å². The maximum Gasteiger partial charge on any atom is 0.243 e. The molecule has 2 saturated carbocycles. The van der Waals surface area contributed by atoms with Crippen LogP contribution in [0.2, 0.25) is 0 Å². The molecular weight excluding hydrogens is 366 g/mol. The summed E-state index contributed by atoms with van der Waals surface area (Å²) >= 11 is 0. The Morgan fingerprint density at radius 3 is 2.62 bits per heavy atom. The number of rotatable bonds is 3. The topological polar surface area (TPSA) is 90.5 Å². The molecule has 3 fully saturated rings. The Hall–Kier alpha value is -2.88. The Kier molecular flexibility index (Phi) is 3.79. The molecule has 2 aliphatic carbocycles. The lowest BCUT2D eigenvalue weighted by Gasteiger charge is -2.34. The number of likely N-dealkylation sites (tertiary alicyclic amines) is 1. The summed E-state index contributed by atoms with van der Waals surface area (Å²) < 4.78 is 2.00. The highest BCUT2D eigenvalue weighted by Crippen LogP contribution is 2.60. The van der Waals surface area contributed by atoms with Crippen LogP contribution >= 0.6 is 0 Å². The van der Waals surface area contributed by atoms with E-state index in [1.54, 1.807) is 0 Å². The van der Waals surface area contributed by atoms with E-state index in [9.17, 15) is 14.9 Å². The van der Waals surface area contributed by atoms with Crippen molar-refractivity contribution in [2.75, 3.05) is 18.4 Å². The number of carbonyl (C=O) groups is 2. The van der Waals surface area contributed by atoms with Gasteiger partial charge in [-0.25, -0.2) is 4.98 Å². The van der Waals surface area contributed by atoms with Gasteiger partial charge in [0.15, 0.2) is 5.65 Å². The fourth-order valence-electron chi connectivity index (χ4n) is 4.84. The van der Waals surface area contributed by atoms with Crippen LogP contribution in [-0.4, -0.2) is 39.2 Å². The summed E-state index contributed by atoms with van der Waals surface area (Å²) in [5.74, 6) is 0.0307. The molecule has 1 spiro atoms. The van der Waals surface area contributed by atoms with Crippen molar-refractivity contribution in [1.82, 2.24) is 14.3 Å². The van der Waals surface area contributed by atoms with Crippen molar-refractivity contribution in [2.24, 2.45) is 16.7 Å². The summed E-state index contributed by atoms with van der Waals surface area (Å²) in [5, 5.41) is 12.4. The van der Waals surface area contributed by atoms with Gasteiger partial charge in [-0.2, -0.15) is 5.26 Å². The highest BCUT2D eigenvalue weighted by atomic mass is 16.2. The van der Waals surface area contributed by atoms with E-state index in [0.717, 1.165) is 42.0 Å². The monoisotopic (exact) mass is 391 g/mol. The molecule has 1 aliphatic heterocycles. The first kappa shape index (κ1) is 18.2. The number of pyridine rings is 1. The Morgan fingerprint density at radius 2 is 1.97 bits per heavy atom. The second-order valence-corrected chi connectivity index (χ2v) is 8.99. The minimum atomic E-state index is -0.746. The number of aromatic nitrogens is 2. The van der Waals surface area contributed by atoms with E-state index in [-0.39, 0.29) is 23.1 Å². The molecule has 2 aromatic rings. The zero-order valence-electron chi connectivity index (χ0n) is 16.9. The number of nitrogens with zero attached hydrogens (tertiary/aromatic N) is 4. The standard InChI is InChI=1S/C22H25N5O2/c1-14-15(2)27-9-3-4-17(18(27)24-14)25-19(28)16-12-21(16)7-10-26(11-8-21)20(29)22(13-23)5-6-22/h3-4,9,16H,5-8,10-12H2,1-2H3,(H,25,28). The summed E-state index contributed by atoms with van der Waals surface area (Å²) in [7, 11) is 0. The van der Waals surface area contributed by atoms with E-state index in [0.29, 0.717) is 25.9 Å². The third kappa shape index (κ3) is 2.73. The van der Waals surface area contributed by atoms with Gasteiger partial charge in [-0.05, 0) is 63.5 Å². The molecule has 0 radical (unpaired) electrons. The first-order valence-corrected chi connectivity index (χ1v) is 10.3. The summed E-state index contributed by atoms with van der Waals surface area (Å²) in [6.45, 7) is 5.29. The molecule has 3 heterocycles. The van der Waals surface area contributed by atoms with Gasteiger partial charge < -0.3 is 14.6 Å². The van der Waals surface area contributed by atoms with Gasteiger partial charge in [0, 0.05) is 30.9 Å². The van der Waals surface area contributed by atoms with Gasteiger partial charge in [-0.3, -0.25) is 9.59 Å². The third-order valence-electron chi connectivity index (χ3n) is 7.31. The van der Waals surface area contributed by atoms with Crippen LogP contribution in [0.15, 0.2) is 18.3 Å². The van der Waals surface area contributed by atoms with Crippen LogP contribution in [-0.2, 0) is 9.59 Å². The van der Waals surface area contributed by atoms with Gasteiger partial charge in [-0.1, -0.05) is 0 Å². The second kappa shape index (κ2) is 6.06. The number of piperidine rings is 1. The Morgan fingerprint density at radius 1 is 1.24 bits per heavy atom. The number of hydrogen-bond donors (Lipinski definition) is 1. The average molecular weight is 391 g/mol. The molecule has 0 aromatic carbocycles.